The molecule has 0 saturated carbocycles. The third-order valence-corrected chi connectivity index (χ3v) is 19.3. The van der Waals surface area contributed by atoms with E-state index in [1.165, 1.54) is 0 Å². The highest BCUT2D eigenvalue weighted by atomic mass is 32.2. The molecule has 1 fully saturated rings. The Balaban J connectivity index is 2.13. The molecule has 2 rings (SSSR count). The lowest BCUT2D eigenvalue weighted by atomic mass is 10.00. The minimum atomic E-state index is -3.35. The molecule has 202 valence electrons. The van der Waals surface area contributed by atoms with Crippen LogP contribution in [0, 0.1) is 5.92 Å². The number of sulfone groups is 1. The molecule has 0 aromatic heterocycles. The van der Waals surface area contributed by atoms with Crippen molar-refractivity contribution in [3.63, 3.8) is 0 Å². The van der Waals surface area contributed by atoms with E-state index >= 15 is 0 Å². The smallest absolute Gasteiger partial charge is 0.192 e. The van der Waals surface area contributed by atoms with Crippen LogP contribution in [0.25, 0.3) is 0 Å². The van der Waals surface area contributed by atoms with Crippen molar-refractivity contribution in [1.82, 2.24) is 0 Å². The van der Waals surface area contributed by atoms with Gasteiger partial charge in [-0.2, -0.15) is 0 Å². The lowest BCUT2D eigenvalue weighted by molar-refractivity contribution is 0.00604. The Morgan fingerprint density at radius 2 is 1.51 bits per heavy atom. The van der Waals surface area contributed by atoms with Gasteiger partial charge in [0.1, 0.15) is 0 Å². The second-order valence-electron chi connectivity index (χ2n) is 13.4. The second kappa shape index (κ2) is 11.1. The van der Waals surface area contributed by atoms with Crippen molar-refractivity contribution < 1.29 is 22.0 Å². The maximum Gasteiger partial charge on any atom is 0.192 e. The molecule has 1 aromatic carbocycles. The van der Waals surface area contributed by atoms with Gasteiger partial charge >= 0.3 is 0 Å². The van der Waals surface area contributed by atoms with Gasteiger partial charge in [-0.25, -0.2) is 8.42 Å². The van der Waals surface area contributed by atoms with E-state index in [2.05, 4.69) is 67.7 Å². The van der Waals surface area contributed by atoms with Crippen molar-refractivity contribution >= 4 is 26.5 Å². The predicted octanol–water partition coefficient (Wildman–Crippen LogP) is 7.06. The summed E-state index contributed by atoms with van der Waals surface area (Å²) in [6.07, 6.45) is 1.26. The van der Waals surface area contributed by atoms with Crippen LogP contribution in [-0.2, 0) is 23.4 Å². The largest absolute Gasteiger partial charge is 0.414 e. The van der Waals surface area contributed by atoms with Crippen molar-refractivity contribution in [3.8, 4) is 0 Å². The molecule has 1 aliphatic rings. The molecule has 5 nitrogen and oxygen atoms in total. The van der Waals surface area contributed by atoms with Crippen LogP contribution in [0.2, 0.25) is 36.3 Å². The first-order valence-corrected chi connectivity index (χ1v) is 20.5. The highest BCUT2D eigenvalue weighted by Gasteiger charge is 2.43. The van der Waals surface area contributed by atoms with Crippen molar-refractivity contribution in [2.75, 3.05) is 12.4 Å². The topological polar surface area (TPSA) is 61.8 Å². The SMILES string of the molecule is C[C@@H]1O[C@H](CC(CO[Si](C)(C)C(C)(C)C)O[Si](C)(C)C(C)(C)C)C[C@H]1CS(=O)(=O)c1ccccc1. The molecule has 1 heterocycles. The Morgan fingerprint density at radius 3 is 2.03 bits per heavy atom. The lowest BCUT2D eigenvalue weighted by Crippen LogP contribution is -2.48. The van der Waals surface area contributed by atoms with Crippen LogP contribution in [0.15, 0.2) is 35.2 Å². The minimum Gasteiger partial charge on any atom is -0.414 e. The van der Waals surface area contributed by atoms with Crippen molar-refractivity contribution in [2.24, 2.45) is 5.92 Å². The van der Waals surface area contributed by atoms with E-state index in [0.717, 1.165) is 12.8 Å². The average Bonchev–Trinajstić information content (AvgIpc) is 3.03. The molecule has 4 atom stereocenters. The summed E-state index contributed by atoms with van der Waals surface area (Å²) in [5.74, 6) is 0.0863. The first-order chi connectivity index (χ1) is 15.8. The fraction of sp³-hybridized carbons (Fsp3) is 0.778. The van der Waals surface area contributed by atoms with Gasteiger partial charge in [-0.1, -0.05) is 59.7 Å². The molecular formula is C27H50O5SSi2. The molecule has 0 N–H and O–H groups in total. The van der Waals surface area contributed by atoms with E-state index in [-0.39, 0.29) is 40.1 Å². The van der Waals surface area contributed by atoms with Gasteiger partial charge in [0.2, 0.25) is 0 Å². The Morgan fingerprint density at radius 1 is 0.971 bits per heavy atom. The molecule has 0 radical (unpaired) electrons. The third-order valence-electron chi connectivity index (χ3n) is 8.40. The molecule has 0 spiro atoms. The van der Waals surface area contributed by atoms with Crippen LogP contribution in [0.4, 0.5) is 0 Å². The van der Waals surface area contributed by atoms with E-state index in [1.807, 2.05) is 13.0 Å². The molecule has 1 unspecified atom stereocenters. The molecule has 0 aliphatic carbocycles. The van der Waals surface area contributed by atoms with Crippen LogP contribution in [0.3, 0.4) is 0 Å². The van der Waals surface area contributed by atoms with E-state index in [1.54, 1.807) is 24.3 Å². The number of benzene rings is 1. The summed E-state index contributed by atoms with van der Waals surface area (Å²) in [7, 11) is -7.29. The van der Waals surface area contributed by atoms with Crippen LogP contribution < -0.4 is 0 Å². The molecule has 0 amide bonds. The van der Waals surface area contributed by atoms with E-state index in [4.69, 9.17) is 13.6 Å². The second-order valence-corrected chi connectivity index (χ2v) is 25.0. The summed E-state index contributed by atoms with van der Waals surface area (Å²) in [5, 5.41) is 0.224. The normalized spacial score (nSPS) is 23.5. The molecule has 0 bridgehead atoms. The predicted molar refractivity (Wildman–Crippen MR) is 151 cm³/mol. The highest BCUT2D eigenvalue weighted by molar-refractivity contribution is 7.91. The van der Waals surface area contributed by atoms with Gasteiger partial charge in [-0.15, -0.1) is 0 Å². The average molecular weight is 543 g/mol. The van der Waals surface area contributed by atoms with Crippen LogP contribution in [0.5, 0.6) is 0 Å². The zero-order valence-electron chi connectivity index (χ0n) is 24.0. The van der Waals surface area contributed by atoms with Gasteiger partial charge in [-0.3, -0.25) is 0 Å². The van der Waals surface area contributed by atoms with Gasteiger partial charge in [0.25, 0.3) is 0 Å². The number of hydrogen-bond acceptors (Lipinski definition) is 5. The summed E-state index contributed by atoms with van der Waals surface area (Å²) >= 11 is 0. The van der Waals surface area contributed by atoms with E-state index < -0.39 is 26.5 Å². The first-order valence-electron chi connectivity index (χ1n) is 13.0. The van der Waals surface area contributed by atoms with Gasteiger partial charge < -0.3 is 13.6 Å². The van der Waals surface area contributed by atoms with Gasteiger partial charge in [0.15, 0.2) is 26.5 Å². The minimum absolute atomic E-state index is 0.0277. The van der Waals surface area contributed by atoms with Crippen LogP contribution >= 0.6 is 0 Å². The molecule has 1 aromatic rings. The molecule has 8 heteroatoms. The van der Waals surface area contributed by atoms with Crippen molar-refractivity contribution in [2.45, 2.75) is 121 Å². The first kappa shape index (κ1) is 30.7. The Kier molecular flexibility index (Phi) is 9.72. The Labute approximate surface area is 217 Å². The van der Waals surface area contributed by atoms with Crippen LogP contribution in [0.1, 0.15) is 61.3 Å². The Bertz CT molecular complexity index is 917. The van der Waals surface area contributed by atoms with Crippen molar-refractivity contribution in [1.29, 1.82) is 0 Å². The molecular weight excluding hydrogens is 493 g/mol. The van der Waals surface area contributed by atoms with Gasteiger partial charge in [-0.05, 0) is 61.7 Å². The number of hydrogen-bond donors (Lipinski definition) is 0. The summed E-state index contributed by atoms with van der Waals surface area (Å²) < 4.78 is 45.7. The monoisotopic (exact) mass is 542 g/mol. The zero-order valence-corrected chi connectivity index (χ0v) is 26.8. The Hall–Kier alpha value is -0.516. The van der Waals surface area contributed by atoms with Crippen LogP contribution in [-0.4, -0.2) is 55.7 Å². The maximum absolute atomic E-state index is 13.0. The summed E-state index contributed by atoms with van der Waals surface area (Å²) in [4.78, 5) is 0.387. The zero-order chi connectivity index (χ0) is 26.9. The van der Waals surface area contributed by atoms with Gasteiger partial charge in [0.05, 0.1) is 35.6 Å². The summed E-state index contributed by atoms with van der Waals surface area (Å²) in [6, 6.07) is 8.73. The fourth-order valence-electron chi connectivity index (χ4n) is 3.92. The number of ether oxygens (including phenoxy) is 1. The number of rotatable bonds is 10. The summed E-state index contributed by atoms with van der Waals surface area (Å²) in [6.45, 7) is 25.2. The summed E-state index contributed by atoms with van der Waals surface area (Å²) in [5.41, 5.74) is 0. The maximum atomic E-state index is 13.0. The van der Waals surface area contributed by atoms with E-state index in [9.17, 15) is 8.42 Å². The lowest BCUT2D eigenvalue weighted by Gasteiger charge is -2.42. The van der Waals surface area contributed by atoms with E-state index in [0.29, 0.717) is 11.5 Å². The van der Waals surface area contributed by atoms with Crippen molar-refractivity contribution in [3.05, 3.63) is 30.3 Å². The molecule has 35 heavy (non-hydrogen) atoms. The quantitative estimate of drug-likeness (QED) is 0.296. The van der Waals surface area contributed by atoms with Gasteiger partial charge in [0, 0.05) is 12.3 Å². The highest BCUT2D eigenvalue weighted by Crippen LogP contribution is 2.40. The molecule has 1 saturated heterocycles. The molecule has 1 aliphatic heterocycles. The standard InChI is InChI=1S/C27H50O5SSi2/c1-21-22(20-33(28,29)25-15-13-12-14-16-25)17-23(31-21)18-24(32-35(10,11)27(5,6)7)19-30-34(8,9)26(2,3)4/h12-16,21-24H,17-20H2,1-11H3/t21-,22-,23-,24?/m0/s1. The third kappa shape index (κ3) is 8.24. The fourth-order valence-corrected chi connectivity index (χ4v) is 8.04.